The van der Waals surface area contributed by atoms with E-state index in [0.717, 1.165) is 36.3 Å². The van der Waals surface area contributed by atoms with Gasteiger partial charge in [-0.25, -0.2) is 0 Å². The van der Waals surface area contributed by atoms with Crippen LogP contribution in [0.4, 0.5) is 11.4 Å². The average Bonchev–Trinajstić information content (AvgIpc) is 3.08. The summed E-state index contributed by atoms with van der Waals surface area (Å²) in [5, 5.41) is 7.27. The molecule has 0 unspecified atom stereocenters. The molecule has 3 rings (SSSR count). The first-order chi connectivity index (χ1) is 13.0. The number of anilines is 2. The van der Waals surface area contributed by atoms with E-state index >= 15 is 0 Å². The van der Waals surface area contributed by atoms with Crippen molar-refractivity contribution in [3.63, 3.8) is 0 Å². The minimum atomic E-state index is 0.163. The highest BCUT2D eigenvalue weighted by molar-refractivity contribution is 7.80. The number of thiocarbonyl (C=S) groups is 1. The summed E-state index contributed by atoms with van der Waals surface area (Å²) in [5.74, 6) is 0.196. The molecular weight excluding hydrogens is 354 g/mol. The molecule has 4 nitrogen and oxygen atoms in total. The normalized spacial score (nSPS) is 14.9. The summed E-state index contributed by atoms with van der Waals surface area (Å²) in [6, 6.07) is 14.7. The zero-order chi connectivity index (χ0) is 19.4. The molecule has 0 radical (unpaired) electrons. The van der Waals surface area contributed by atoms with E-state index in [1.165, 1.54) is 11.1 Å². The van der Waals surface area contributed by atoms with Crippen molar-refractivity contribution in [2.75, 3.05) is 16.8 Å². The van der Waals surface area contributed by atoms with Gasteiger partial charge in [-0.2, -0.15) is 0 Å². The summed E-state index contributed by atoms with van der Waals surface area (Å²) in [6.07, 6.45) is 2.49. The van der Waals surface area contributed by atoms with Crippen LogP contribution in [0.5, 0.6) is 0 Å². The number of hydrogen-bond acceptors (Lipinski definition) is 2. The fraction of sp³-hybridized carbons (Fsp3) is 0.364. The Labute approximate surface area is 167 Å². The van der Waals surface area contributed by atoms with Gasteiger partial charge in [0.15, 0.2) is 5.11 Å². The quantitative estimate of drug-likeness (QED) is 0.726. The summed E-state index contributed by atoms with van der Waals surface area (Å²) >= 11 is 5.54. The Balaban J connectivity index is 1.70. The topological polar surface area (TPSA) is 44.4 Å². The largest absolute Gasteiger partial charge is 0.356 e. The van der Waals surface area contributed by atoms with Crippen LogP contribution in [0, 0.1) is 13.8 Å². The van der Waals surface area contributed by atoms with Crippen molar-refractivity contribution in [1.82, 2.24) is 5.32 Å². The molecule has 27 heavy (non-hydrogen) atoms. The number of nitrogens with one attached hydrogen (secondary N) is 2. The van der Waals surface area contributed by atoms with E-state index in [1.54, 1.807) is 0 Å². The maximum Gasteiger partial charge on any atom is 0.227 e. The van der Waals surface area contributed by atoms with Crippen molar-refractivity contribution in [3.05, 3.63) is 59.2 Å². The number of carbonyl (C=O) groups excluding carboxylic acids is 1. The lowest BCUT2D eigenvalue weighted by Gasteiger charge is -2.22. The molecule has 1 heterocycles. The molecule has 1 saturated heterocycles. The third-order valence-corrected chi connectivity index (χ3v) is 5.24. The molecule has 0 saturated carbocycles. The second-order valence-corrected chi connectivity index (χ2v) is 7.53. The summed E-state index contributed by atoms with van der Waals surface area (Å²) in [6.45, 7) is 7.05. The smallest absolute Gasteiger partial charge is 0.227 e. The van der Waals surface area contributed by atoms with Gasteiger partial charge in [0.25, 0.3) is 0 Å². The maximum absolute atomic E-state index is 12.1. The number of carbonyl (C=O) groups is 1. The number of hydrogen-bond donors (Lipinski definition) is 2. The zero-order valence-corrected chi connectivity index (χ0v) is 17.0. The highest BCUT2D eigenvalue weighted by Crippen LogP contribution is 2.28. The first-order valence-electron chi connectivity index (χ1n) is 9.53. The van der Waals surface area contributed by atoms with Crippen molar-refractivity contribution >= 4 is 34.6 Å². The molecule has 0 bridgehead atoms. The second-order valence-electron chi connectivity index (χ2n) is 7.12. The van der Waals surface area contributed by atoms with Crippen molar-refractivity contribution in [2.45, 2.75) is 46.1 Å². The van der Waals surface area contributed by atoms with E-state index in [1.807, 2.05) is 30.0 Å². The lowest BCUT2D eigenvalue weighted by Crippen LogP contribution is -2.32. The third-order valence-electron chi connectivity index (χ3n) is 5.02. The van der Waals surface area contributed by atoms with E-state index in [0.29, 0.717) is 11.5 Å². The van der Waals surface area contributed by atoms with Crippen LogP contribution in [-0.4, -0.2) is 17.6 Å². The highest BCUT2D eigenvalue weighted by atomic mass is 32.1. The van der Waals surface area contributed by atoms with Gasteiger partial charge in [0, 0.05) is 24.3 Å². The summed E-state index contributed by atoms with van der Waals surface area (Å²) in [4.78, 5) is 14.0. The molecule has 2 aromatic carbocycles. The zero-order valence-electron chi connectivity index (χ0n) is 16.2. The first kappa shape index (κ1) is 19.4. The van der Waals surface area contributed by atoms with Crippen molar-refractivity contribution in [1.29, 1.82) is 0 Å². The Morgan fingerprint density at radius 3 is 2.56 bits per heavy atom. The van der Waals surface area contributed by atoms with Crippen LogP contribution >= 0.6 is 12.2 Å². The minimum absolute atomic E-state index is 0.163. The number of amides is 1. The Morgan fingerprint density at radius 1 is 1.19 bits per heavy atom. The molecule has 0 aromatic heterocycles. The van der Waals surface area contributed by atoms with Crippen LogP contribution < -0.4 is 15.5 Å². The fourth-order valence-electron chi connectivity index (χ4n) is 3.43. The molecule has 2 N–H and O–H groups in total. The predicted molar refractivity (Wildman–Crippen MR) is 116 cm³/mol. The minimum Gasteiger partial charge on any atom is -0.356 e. The van der Waals surface area contributed by atoms with Gasteiger partial charge in [-0.3, -0.25) is 4.79 Å². The van der Waals surface area contributed by atoms with Crippen molar-refractivity contribution in [2.24, 2.45) is 0 Å². The predicted octanol–water partition coefficient (Wildman–Crippen LogP) is 4.87. The third kappa shape index (κ3) is 4.66. The molecule has 1 atom stereocenters. The number of aryl methyl sites for hydroxylation is 2. The van der Waals surface area contributed by atoms with E-state index in [2.05, 4.69) is 48.7 Å². The first-order valence-corrected chi connectivity index (χ1v) is 9.94. The van der Waals surface area contributed by atoms with E-state index in [4.69, 9.17) is 12.2 Å². The van der Waals surface area contributed by atoms with Gasteiger partial charge >= 0.3 is 0 Å². The van der Waals surface area contributed by atoms with Crippen LogP contribution in [0.1, 0.15) is 48.9 Å². The molecule has 2 aromatic rings. The Kier molecular flexibility index (Phi) is 6.11. The number of rotatable bonds is 5. The molecule has 1 amide bonds. The Hall–Kier alpha value is -2.40. The van der Waals surface area contributed by atoms with Gasteiger partial charge in [-0.05, 0) is 62.2 Å². The molecule has 1 fully saturated rings. The Bertz CT molecular complexity index is 832. The van der Waals surface area contributed by atoms with Gasteiger partial charge in [-0.1, -0.05) is 42.8 Å². The van der Waals surface area contributed by atoms with Crippen LogP contribution in [0.3, 0.4) is 0 Å². The summed E-state index contributed by atoms with van der Waals surface area (Å²) in [5.41, 5.74) is 5.43. The molecule has 1 aliphatic rings. The molecule has 5 heteroatoms. The second kappa shape index (κ2) is 8.53. The molecule has 0 spiro atoms. The maximum atomic E-state index is 12.1. The van der Waals surface area contributed by atoms with E-state index in [9.17, 15) is 4.79 Å². The monoisotopic (exact) mass is 381 g/mol. The fourth-order valence-corrected chi connectivity index (χ4v) is 3.69. The van der Waals surface area contributed by atoms with Gasteiger partial charge in [0.05, 0.1) is 6.04 Å². The van der Waals surface area contributed by atoms with Crippen LogP contribution in [0.25, 0.3) is 0 Å². The standard InChI is InChI=1S/C22H27N3OS/c1-4-19(17-10-7-15(2)8-11-17)24-22(27)23-18-12-9-16(3)20(14-18)25-13-5-6-21(25)26/h7-12,14,19H,4-6,13H2,1-3H3,(H2,23,24,27)/t19-/m1/s1. The highest BCUT2D eigenvalue weighted by Gasteiger charge is 2.23. The lowest BCUT2D eigenvalue weighted by molar-refractivity contribution is -0.117. The van der Waals surface area contributed by atoms with Crippen LogP contribution in [0.15, 0.2) is 42.5 Å². The van der Waals surface area contributed by atoms with Gasteiger partial charge in [0.2, 0.25) is 5.91 Å². The molecule has 142 valence electrons. The van der Waals surface area contributed by atoms with Gasteiger partial charge < -0.3 is 15.5 Å². The van der Waals surface area contributed by atoms with Crippen molar-refractivity contribution < 1.29 is 4.79 Å². The van der Waals surface area contributed by atoms with Gasteiger partial charge in [0.1, 0.15) is 0 Å². The number of nitrogens with zero attached hydrogens (tertiary/aromatic N) is 1. The van der Waals surface area contributed by atoms with Crippen LogP contribution in [-0.2, 0) is 4.79 Å². The SMILES string of the molecule is CC[C@@H](NC(=S)Nc1ccc(C)c(N2CCCC2=O)c1)c1ccc(C)cc1. The molecular formula is C22H27N3OS. The number of benzene rings is 2. The molecule has 0 aliphatic carbocycles. The van der Waals surface area contributed by atoms with Crippen molar-refractivity contribution in [3.8, 4) is 0 Å². The summed E-state index contributed by atoms with van der Waals surface area (Å²) < 4.78 is 0. The lowest BCUT2D eigenvalue weighted by atomic mass is 10.0. The molecule has 1 aliphatic heterocycles. The Morgan fingerprint density at radius 2 is 1.93 bits per heavy atom. The van der Waals surface area contributed by atoms with E-state index in [-0.39, 0.29) is 11.9 Å². The van der Waals surface area contributed by atoms with Gasteiger partial charge in [-0.15, -0.1) is 0 Å². The summed E-state index contributed by atoms with van der Waals surface area (Å²) in [7, 11) is 0. The van der Waals surface area contributed by atoms with Crippen LogP contribution in [0.2, 0.25) is 0 Å². The average molecular weight is 382 g/mol. The van der Waals surface area contributed by atoms with E-state index < -0.39 is 0 Å².